The number of hydrogen-bond acceptors (Lipinski definition) is 6. The third-order valence-electron chi connectivity index (χ3n) is 6.22. The lowest BCUT2D eigenvalue weighted by atomic mass is 10.1. The van der Waals surface area contributed by atoms with Gasteiger partial charge in [0.15, 0.2) is 0 Å². The van der Waals surface area contributed by atoms with E-state index < -0.39 is 16.1 Å². The van der Waals surface area contributed by atoms with Gasteiger partial charge in [-0.2, -0.15) is 4.72 Å². The fourth-order valence-corrected chi connectivity index (χ4v) is 5.52. The van der Waals surface area contributed by atoms with Crippen LogP contribution < -0.4 is 15.2 Å². The number of aromatic nitrogens is 2. The van der Waals surface area contributed by atoms with Gasteiger partial charge in [-0.25, -0.2) is 13.4 Å². The van der Waals surface area contributed by atoms with E-state index in [0.717, 1.165) is 5.82 Å². The van der Waals surface area contributed by atoms with E-state index in [2.05, 4.69) is 19.6 Å². The summed E-state index contributed by atoms with van der Waals surface area (Å²) in [6, 6.07) is 20.8. The summed E-state index contributed by atoms with van der Waals surface area (Å²) < 4.78 is 29.4. The molecule has 1 saturated heterocycles. The van der Waals surface area contributed by atoms with Crippen LogP contribution in [-0.2, 0) is 14.8 Å². The summed E-state index contributed by atoms with van der Waals surface area (Å²) in [6.45, 7) is 2.09. The van der Waals surface area contributed by atoms with E-state index in [4.69, 9.17) is 0 Å². The summed E-state index contributed by atoms with van der Waals surface area (Å²) >= 11 is 0. The molecule has 10 heteroatoms. The molecule has 0 aliphatic carbocycles. The van der Waals surface area contributed by atoms with E-state index in [9.17, 15) is 18.0 Å². The highest BCUT2D eigenvalue weighted by Crippen LogP contribution is 2.23. The van der Waals surface area contributed by atoms with Gasteiger partial charge in [-0.3, -0.25) is 9.59 Å². The summed E-state index contributed by atoms with van der Waals surface area (Å²) in [7, 11) is -4.06. The first-order valence-corrected chi connectivity index (χ1v) is 13.0. The van der Waals surface area contributed by atoms with Gasteiger partial charge in [-0.05, 0) is 47.3 Å². The molecule has 1 fully saturated rings. The Morgan fingerprint density at radius 3 is 2.39 bits per heavy atom. The standard InChI is InChI=1S/C26H25N5O4S/c32-24-12-9-20-18-21(10-11-22(20)28-24)36(34,35)29-25(19-6-2-1-3-7-19)26(33)31-16-14-30(15-17-31)23-8-4-5-13-27-23/h1-13,18,25,29H,14-17H2,(H,28,32). The number of amides is 1. The molecule has 0 saturated carbocycles. The van der Waals surface area contributed by atoms with Gasteiger partial charge in [-0.1, -0.05) is 36.4 Å². The fourth-order valence-electron chi connectivity index (χ4n) is 4.31. The Balaban J connectivity index is 1.39. The SMILES string of the molecule is O=C(C(NS(=O)(=O)c1ccc2[nH]c(=O)ccc2c1)c1ccccc1)N1CCN(c2ccccn2)CC1. The molecular formula is C26H25N5O4S. The zero-order chi connectivity index (χ0) is 25.1. The van der Waals surface area contributed by atoms with Crippen molar-refractivity contribution in [3.05, 3.63) is 101 Å². The molecule has 3 heterocycles. The molecule has 0 spiro atoms. The molecular weight excluding hydrogens is 478 g/mol. The number of carbonyl (C=O) groups excluding carboxylic acids is 1. The number of H-pyrrole nitrogens is 1. The van der Waals surface area contributed by atoms with Gasteiger partial charge in [0.25, 0.3) is 0 Å². The average molecular weight is 504 g/mol. The van der Waals surface area contributed by atoms with Gasteiger partial charge in [0.05, 0.1) is 4.90 Å². The molecule has 1 aliphatic heterocycles. The Morgan fingerprint density at radius 1 is 0.917 bits per heavy atom. The van der Waals surface area contributed by atoms with Crippen molar-refractivity contribution in [2.45, 2.75) is 10.9 Å². The Bertz CT molecular complexity index is 1530. The monoisotopic (exact) mass is 503 g/mol. The topological polar surface area (TPSA) is 115 Å². The third kappa shape index (κ3) is 5.00. The van der Waals surface area contributed by atoms with Crippen molar-refractivity contribution in [3.8, 4) is 0 Å². The van der Waals surface area contributed by atoms with Crippen LogP contribution in [0.1, 0.15) is 11.6 Å². The quantitative estimate of drug-likeness (QED) is 0.417. The van der Waals surface area contributed by atoms with Gasteiger partial charge < -0.3 is 14.8 Å². The highest BCUT2D eigenvalue weighted by atomic mass is 32.2. The summed E-state index contributed by atoms with van der Waals surface area (Å²) in [4.78, 5) is 36.0. The third-order valence-corrected chi connectivity index (χ3v) is 7.64. The molecule has 2 N–H and O–H groups in total. The van der Waals surface area contributed by atoms with Crippen LogP contribution in [0.25, 0.3) is 10.9 Å². The normalized spacial score (nSPS) is 15.1. The van der Waals surface area contributed by atoms with Crippen LogP contribution in [0, 0.1) is 0 Å². The second-order valence-corrected chi connectivity index (χ2v) is 10.3. The average Bonchev–Trinajstić information content (AvgIpc) is 2.92. The lowest BCUT2D eigenvalue weighted by Crippen LogP contribution is -2.52. The maximum absolute atomic E-state index is 13.6. The summed E-state index contributed by atoms with van der Waals surface area (Å²) in [5.74, 6) is 0.540. The minimum atomic E-state index is -4.06. The second kappa shape index (κ2) is 9.92. The van der Waals surface area contributed by atoms with Gasteiger partial charge >= 0.3 is 0 Å². The first-order valence-electron chi connectivity index (χ1n) is 11.6. The summed E-state index contributed by atoms with van der Waals surface area (Å²) in [5, 5.41) is 0.575. The Hall–Kier alpha value is -4.02. The Kier molecular flexibility index (Phi) is 6.53. The van der Waals surface area contributed by atoms with Crippen LogP contribution in [0.4, 0.5) is 5.82 Å². The largest absolute Gasteiger partial charge is 0.353 e. The number of sulfonamides is 1. The number of carbonyl (C=O) groups is 1. The predicted octanol–water partition coefficient (Wildman–Crippen LogP) is 2.29. The number of nitrogens with zero attached hydrogens (tertiary/aromatic N) is 3. The molecule has 5 rings (SSSR count). The number of rotatable bonds is 6. The van der Waals surface area contributed by atoms with Crippen LogP contribution in [0.3, 0.4) is 0 Å². The van der Waals surface area contributed by atoms with Gasteiger partial charge in [-0.15, -0.1) is 0 Å². The molecule has 1 unspecified atom stereocenters. The van der Waals surface area contributed by atoms with Crippen molar-refractivity contribution in [2.75, 3.05) is 31.1 Å². The molecule has 36 heavy (non-hydrogen) atoms. The number of benzene rings is 2. The molecule has 4 aromatic rings. The first kappa shape index (κ1) is 23.7. The zero-order valence-corrected chi connectivity index (χ0v) is 20.2. The molecule has 9 nitrogen and oxygen atoms in total. The van der Waals surface area contributed by atoms with E-state index in [1.807, 2.05) is 24.3 Å². The van der Waals surface area contributed by atoms with E-state index >= 15 is 0 Å². The predicted molar refractivity (Wildman–Crippen MR) is 137 cm³/mol. The number of piperazine rings is 1. The lowest BCUT2D eigenvalue weighted by molar-refractivity contribution is -0.133. The number of fused-ring (bicyclic) bond motifs is 1. The van der Waals surface area contributed by atoms with E-state index in [0.29, 0.717) is 42.6 Å². The smallest absolute Gasteiger partial charge is 0.248 e. The van der Waals surface area contributed by atoms with Gasteiger partial charge in [0.1, 0.15) is 11.9 Å². The fraction of sp³-hybridized carbons (Fsp3) is 0.192. The Morgan fingerprint density at radius 2 is 1.67 bits per heavy atom. The maximum Gasteiger partial charge on any atom is 0.248 e. The minimum absolute atomic E-state index is 0.00995. The van der Waals surface area contributed by atoms with Crippen LogP contribution >= 0.6 is 0 Å². The number of nitrogens with one attached hydrogen (secondary N) is 2. The number of aromatic amines is 1. The van der Waals surface area contributed by atoms with Crippen molar-refractivity contribution in [2.24, 2.45) is 0 Å². The summed E-state index contributed by atoms with van der Waals surface area (Å²) in [6.07, 6.45) is 1.73. The molecule has 184 valence electrons. The van der Waals surface area contributed by atoms with Crippen molar-refractivity contribution in [1.82, 2.24) is 19.6 Å². The zero-order valence-electron chi connectivity index (χ0n) is 19.4. The number of hydrogen-bond donors (Lipinski definition) is 2. The van der Waals surface area contributed by atoms with Crippen molar-refractivity contribution >= 4 is 32.7 Å². The van der Waals surface area contributed by atoms with Crippen molar-refractivity contribution in [3.63, 3.8) is 0 Å². The number of anilines is 1. The van der Waals surface area contributed by atoms with Crippen LogP contribution in [0.15, 0.2) is 94.7 Å². The second-order valence-electron chi connectivity index (χ2n) is 8.54. The Labute approximate surface area is 208 Å². The molecule has 0 radical (unpaired) electrons. The number of pyridine rings is 2. The molecule has 2 aromatic carbocycles. The first-order chi connectivity index (χ1) is 17.4. The van der Waals surface area contributed by atoms with Crippen molar-refractivity contribution in [1.29, 1.82) is 0 Å². The van der Waals surface area contributed by atoms with Crippen LogP contribution in [0.2, 0.25) is 0 Å². The maximum atomic E-state index is 13.6. The van der Waals surface area contributed by atoms with E-state index in [-0.39, 0.29) is 16.4 Å². The molecule has 1 aliphatic rings. The van der Waals surface area contributed by atoms with Gasteiger partial charge in [0, 0.05) is 44.0 Å². The van der Waals surface area contributed by atoms with Crippen LogP contribution in [-0.4, -0.2) is 55.4 Å². The van der Waals surface area contributed by atoms with E-state index in [1.54, 1.807) is 47.5 Å². The van der Waals surface area contributed by atoms with E-state index in [1.165, 1.54) is 18.2 Å². The van der Waals surface area contributed by atoms with Gasteiger partial charge in [0.2, 0.25) is 21.5 Å². The van der Waals surface area contributed by atoms with Crippen molar-refractivity contribution < 1.29 is 13.2 Å². The van der Waals surface area contributed by atoms with Crippen LogP contribution in [0.5, 0.6) is 0 Å². The molecule has 2 aromatic heterocycles. The molecule has 1 amide bonds. The lowest BCUT2D eigenvalue weighted by Gasteiger charge is -2.37. The highest BCUT2D eigenvalue weighted by molar-refractivity contribution is 7.89. The summed E-state index contributed by atoms with van der Waals surface area (Å²) in [5.41, 5.74) is 0.820. The minimum Gasteiger partial charge on any atom is -0.353 e. The highest BCUT2D eigenvalue weighted by Gasteiger charge is 2.32. The molecule has 1 atom stereocenters. The molecule has 0 bridgehead atoms.